The number of thiol groups is 1. The Labute approximate surface area is 144 Å². The van der Waals surface area contributed by atoms with Crippen molar-refractivity contribution in [3.05, 3.63) is 0 Å². The van der Waals surface area contributed by atoms with Crippen molar-refractivity contribution in [1.82, 2.24) is 0 Å². The Morgan fingerprint density at radius 1 is 0.792 bits per heavy atom. The molecule has 0 aliphatic carbocycles. The van der Waals surface area contributed by atoms with E-state index >= 15 is 0 Å². The zero-order chi connectivity index (χ0) is 18.4. The summed E-state index contributed by atoms with van der Waals surface area (Å²) in [6, 6.07) is 0. The summed E-state index contributed by atoms with van der Waals surface area (Å²) in [6.07, 6.45) is -4.35. The Bertz CT molecular complexity index is 506. The predicted octanol–water partition coefficient (Wildman–Crippen LogP) is -0.000700. The second kappa shape index (κ2) is 8.88. The van der Waals surface area contributed by atoms with Gasteiger partial charge in [0.2, 0.25) is 0 Å². The predicted molar refractivity (Wildman–Crippen MR) is 80.9 cm³/mol. The average molecular weight is 364 g/mol. The van der Waals surface area contributed by atoms with E-state index in [4.69, 9.17) is 23.7 Å². The summed E-state index contributed by atoms with van der Waals surface area (Å²) in [4.78, 5) is 45.1. The Balaban J connectivity index is 3.11. The lowest BCUT2D eigenvalue weighted by atomic mass is 9.99. The summed E-state index contributed by atoms with van der Waals surface area (Å²) in [7, 11) is 0. The van der Waals surface area contributed by atoms with Gasteiger partial charge in [-0.2, -0.15) is 0 Å². The first-order chi connectivity index (χ1) is 11.1. The standard InChI is InChI=1S/C14H20O9S/c1-6(15)19-5-10-11(20-7(2)16)12(21-8(3)17)13(14(24)23-10)22-9(4)18/h10-14,24H,5H2,1-4H3/t10-,11+,12+,13+,14-/m0/s1. The quantitative estimate of drug-likeness (QED) is 0.409. The molecule has 0 radical (unpaired) electrons. The maximum Gasteiger partial charge on any atom is 0.303 e. The Kier molecular flexibility index (Phi) is 7.49. The molecule has 0 aromatic rings. The molecule has 136 valence electrons. The van der Waals surface area contributed by atoms with E-state index in [9.17, 15) is 19.2 Å². The molecular weight excluding hydrogens is 344 g/mol. The van der Waals surface area contributed by atoms with Crippen LogP contribution in [0.2, 0.25) is 0 Å². The van der Waals surface area contributed by atoms with Crippen LogP contribution in [0.4, 0.5) is 0 Å². The fourth-order valence-corrected chi connectivity index (χ4v) is 2.59. The van der Waals surface area contributed by atoms with Crippen molar-refractivity contribution in [2.45, 2.75) is 57.5 Å². The van der Waals surface area contributed by atoms with Gasteiger partial charge in [0.05, 0.1) is 0 Å². The fraction of sp³-hybridized carbons (Fsp3) is 0.714. The van der Waals surface area contributed by atoms with Crippen LogP contribution in [-0.4, -0.2) is 60.3 Å². The van der Waals surface area contributed by atoms with Crippen molar-refractivity contribution in [2.75, 3.05) is 6.61 Å². The lowest BCUT2D eigenvalue weighted by Gasteiger charge is -2.42. The molecule has 1 rings (SSSR count). The number of hydrogen-bond donors (Lipinski definition) is 1. The second-order valence-electron chi connectivity index (χ2n) is 5.09. The lowest BCUT2D eigenvalue weighted by Crippen LogP contribution is -2.61. The highest BCUT2D eigenvalue weighted by atomic mass is 32.1. The zero-order valence-corrected chi connectivity index (χ0v) is 14.6. The molecule has 1 fully saturated rings. The lowest BCUT2D eigenvalue weighted by molar-refractivity contribution is -0.237. The maximum atomic E-state index is 11.4. The van der Waals surface area contributed by atoms with E-state index in [1.165, 1.54) is 6.92 Å². The summed E-state index contributed by atoms with van der Waals surface area (Å²) in [6.45, 7) is 4.42. The van der Waals surface area contributed by atoms with E-state index in [1.54, 1.807) is 0 Å². The number of rotatable bonds is 5. The van der Waals surface area contributed by atoms with Crippen molar-refractivity contribution in [3.8, 4) is 0 Å². The molecule has 0 unspecified atom stereocenters. The highest BCUT2D eigenvalue weighted by molar-refractivity contribution is 7.80. The van der Waals surface area contributed by atoms with E-state index in [2.05, 4.69) is 12.6 Å². The van der Waals surface area contributed by atoms with E-state index < -0.39 is 53.7 Å². The van der Waals surface area contributed by atoms with E-state index in [-0.39, 0.29) is 6.61 Å². The minimum atomic E-state index is -1.16. The number of ether oxygens (including phenoxy) is 5. The van der Waals surface area contributed by atoms with Gasteiger partial charge in [0, 0.05) is 27.7 Å². The molecule has 0 N–H and O–H groups in total. The third-order valence-electron chi connectivity index (χ3n) is 2.97. The van der Waals surface area contributed by atoms with Crippen molar-refractivity contribution in [3.63, 3.8) is 0 Å². The smallest absolute Gasteiger partial charge is 0.303 e. The minimum Gasteiger partial charge on any atom is -0.463 e. The van der Waals surface area contributed by atoms with E-state index in [0.29, 0.717) is 0 Å². The number of carbonyl (C=O) groups is 4. The molecule has 1 aliphatic rings. The highest BCUT2D eigenvalue weighted by Gasteiger charge is 2.51. The summed E-state index contributed by atoms with van der Waals surface area (Å²) in [5.41, 5.74) is -0.981. The SMILES string of the molecule is CC(=O)OC[C@@H]1O[C@@H](S)[C@H](OC(C)=O)[C@H](OC(C)=O)[C@@H]1OC(C)=O. The van der Waals surface area contributed by atoms with Gasteiger partial charge in [-0.25, -0.2) is 0 Å². The minimum absolute atomic E-state index is 0.255. The van der Waals surface area contributed by atoms with Gasteiger partial charge in [0.25, 0.3) is 0 Å². The molecule has 0 saturated carbocycles. The van der Waals surface area contributed by atoms with E-state index in [1.807, 2.05) is 0 Å². The van der Waals surface area contributed by atoms with Gasteiger partial charge in [-0.05, 0) is 0 Å². The van der Waals surface area contributed by atoms with Crippen LogP contribution >= 0.6 is 12.6 Å². The summed E-state index contributed by atoms with van der Waals surface area (Å²) in [5, 5.41) is 0. The highest BCUT2D eigenvalue weighted by Crippen LogP contribution is 2.30. The molecule has 0 amide bonds. The molecule has 9 nitrogen and oxygen atoms in total. The molecule has 0 spiro atoms. The number of carbonyl (C=O) groups excluding carboxylic acids is 4. The van der Waals surface area contributed by atoms with Crippen molar-refractivity contribution in [1.29, 1.82) is 0 Å². The maximum absolute atomic E-state index is 11.4. The molecular formula is C14H20O9S. The third kappa shape index (κ3) is 6.00. The number of hydrogen-bond acceptors (Lipinski definition) is 10. The monoisotopic (exact) mass is 364 g/mol. The first kappa shape index (κ1) is 20.2. The molecule has 0 aromatic heterocycles. The molecule has 5 atom stereocenters. The molecule has 24 heavy (non-hydrogen) atoms. The van der Waals surface area contributed by atoms with Gasteiger partial charge in [-0.15, -0.1) is 12.6 Å². The Morgan fingerprint density at radius 2 is 1.25 bits per heavy atom. The van der Waals surface area contributed by atoms with Crippen molar-refractivity contribution < 1.29 is 42.9 Å². The molecule has 10 heteroatoms. The second-order valence-corrected chi connectivity index (χ2v) is 5.60. The van der Waals surface area contributed by atoms with Crippen LogP contribution in [0.5, 0.6) is 0 Å². The summed E-state index contributed by atoms with van der Waals surface area (Å²) < 4.78 is 25.8. The zero-order valence-electron chi connectivity index (χ0n) is 13.7. The van der Waals surface area contributed by atoms with Gasteiger partial charge in [-0.1, -0.05) is 0 Å². The van der Waals surface area contributed by atoms with Crippen LogP contribution < -0.4 is 0 Å². The van der Waals surface area contributed by atoms with Gasteiger partial charge in [0.15, 0.2) is 18.3 Å². The van der Waals surface area contributed by atoms with Gasteiger partial charge >= 0.3 is 23.9 Å². The Morgan fingerprint density at radius 3 is 1.71 bits per heavy atom. The topological polar surface area (TPSA) is 114 Å². The first-order valence-electron chi connectivity index (χ1n) is 7.10. The van der Waals surface area contributed by atoms with Crippen LogP contribution in [0, 0.1) is 0 Å². The summed E-state index contributed by atoms with van der Waals surface area (Å²) >= 11 is 4.18. The largest absolute Gasteiger partial charge is 0.463 e. The van der Waals surface area contributed by atoms with Crippen LogP contribution in [0.25, 0.3) is 0 Å². The van der Waals surface area contributed by atoms with E-state index in [0.717, 1.165) is 20.8 Å². The van der Waals surface area contributed by atoms with Crippen LogP contribution in [-0.2, 0) is 42.9 Å². The average Bonchev–Trinajstić information content (AvgIpc) is 2.42. The van der Waals surface area contributed by atoms with Crippen LogP contribution in [0.1, 0.15) is 27.7 Å². The molecule has 1 saturated heterocycles. The van der Waals surface area contributed by atoms with Gasteiger partial charge in [0.1, 0.15) is 18.1 Å². The summed E-state index contributed by atoms with van der Waals surface area (Å²) in [5.74, 6) is -2.57. The van der Waals surface area contributed by atoms with Crippen LogP contribution in [0.15, 0.2) is 0 Å². The molecule has 1 heterocycles. The third-order valence-corrected chi connectivity index (χ3v) is 3.38. The normalized spacial score (nSPS) is 29.3. The van der Waals surface area contributed by atoms with Crippen LogP contribution in [0.3, 0.4) is 0 Å². The van der Waals surface area contributed by atoms with Gasteiger partial charge < -0.3 is 23.7 Å². The Hall–Kier alpha value is -1.81. The molecule has 0 aromatic carbocycles. The van der Waals surface area contributed by atoms with Crippen molar-refractivity contribution in [2.24, 2.45) is 0 Å². The number of esters is 4. The molecule has 1 aliphatic heterocycles. The first-order valence-corrected chi connectivity index (χ1v) is 7.62. The van der Waals surface area contributed by atoms with Crippen molar-refractivity contribution >= 4 is 36.5 Å². The molecule has 0 bridgehead atoms. The van der Waals surface area contributed by atoms with Gasteiger partial charge in [-0.3, -0.25) is 19.2 Å². The fourth-order valence-electron chi connectivity index (χ4n) is 2.21.